The Hall–Kier alpha value is -5.13. The molecule has 0 N–H and O–H groups in total. The number of hydrogen-bond donors (Lipinski definition) is 0. The molecule has 0 saturated heterocycles. The molecule has 2 aliphatic carbocycles. The molecular formula is C55H59BF6N2O2. The van der Waals surface area contributed by atoms with Gasteiger partial charge in [-0.25, -0.2) is 31.3 Å². The second kappa shape index (κ2) is 20.4. The van der Waals surface area contributed by atoms with Crippen LogP contribution in [0.2, 0.25) is 0 Å². The second-order valence-electron chi connectivity index (χ2n) is 18.7. The van der Waals surface area contributed by atoms with Gasteiger partial charge in [0.15, 0.2) is 13.3 Å². The molecule has 11 heteroatoms. The van der Waals surface area contributed by atoms with Gasteiger partial charge >= 0.3 is 7.25 Å². The number of allylic oxidation sites excluding steroid dienone is 2. The Labute approximate surface area is 386 Å². The van der Waals surface area contributed by atoms with Crippen LogP contribution in [-0.4, -0.2) is 55.9 Å². The van der Waals surface area contributed by atoms with Gasteiger partial charge in [0.2, 0.25) is 0 Å². The Morgan fingerprint density at radius 3 is 1.58 bits per heavy atom. The van der Waals surface area contributed by atoms with Gasteiger partial charge in [-0.1, -0.05) is 135 Å². The number of aryl methyl sites for hydroxylation is 4. The largest absolute Gasteiger partial charge is 0.598 e. The van der Waals surface area contributed by atoms with Gasteiger partial charge in [-0.3, -0.25) is 0 Å². The maximum Gasteiger partial charge on any atom is 0.598 e. The molecule has 2 fully saturated rings. The third kappa shape index (κ3) is 10.8. The van der Waals surface area contributed by atoms with Crippen molar-refractivity contribution in [3.05, 3.63) is 153 Å². The summed E-state index contributed by atoms with van der Waals surface area (Å²) in [6.45, 7) is 0.931. The normalized spacial score (nSPS) is 17.1. The number of halogens is 6. The molecule has 1 aliphatic heterocycles. The van der Waals surface area contributed by atoms with E-state index in [0.29, 0.717) is 45.8 Å². The van der Waals surface area contributed by atoms with Crippen molar-refractivity contribution in [1.82, 2.24) is 4.48 Å². The van der Waals surface area contributed by atoms with E-state index in [4.69, 9.17) is 14.3 Å². The summed E-state index contributed by atoms with van der Waals surface area (Å²) in [6.07, 6.45) is 15.6. The quantitative estimate of drug-likeness (QED) is 0.0730. The first-order valence-corrected chi connectivity index (χ1v) is 23.5. The van der Waals surface area contributed by atoms with E-state index in [1.54, 1.807) is 0 Å². The van der Waals surface area contributed by atoms with Crippen LogP contribution in [0.3, 0.4) is 0 Å². The third-order valence-corrected chi connectivity index (χ3v) is 13.5. The van der Waals surface area contributed by atoms with Crippen molar-refractivity contribution in [2.45, 2.75) is 116 Å². The molecule has 0 unspecified atom stereocenters. The number of nitrogens with zero attached hydrogens (tertiary/aromatic N) is 2. The Morgan fingerprint density at radius 1 is 0.606 bits per heavy atom. The van der Waals surface area contributed by atoms with Crippen LogP contribution in [-0.2, 0) is 9.31 Å². The zero-order chi connectivity index (χ0) is 46.6. The zero-order valence-corrected chi connectivity index (χ0v) is 38.4. The summed E-state index contributed by atoms with van der Waals surface area (Å²) >= 11 is 0. The molecule has 0 amide bonds. The van der Waals surface area contributed by atoms with Crippen LogP contribution in [0.5, 0.6) is 0 Å². The van der Waals surface area contributed by atoms with Gasteiger partial charge in [-0.15, -0.1) is 0 Å². The van der Waals surface area contributed by atoms with Crippen LogP contribution < -0.4 is 0 Å². The minimum Gasteiger partial charge on any atom is -0.385 e. The summed E-state index contributed by atoms with van der Waals surface area (Å²) in [5.41, 5.74) is 13.2. The van der Waals surface area contributed by atoms with Crippen molar-refractivity contribution in [3.63, 3.8) is 0 Å². The average Bonchev–Trinajstić information content (AvgIpc) is 3.91. The minimum absolute atomic E-state index is 0.355. The molecule has 66 heavy (non-hydrogen) atoms. The standard InChI is InChI=1S/C55H59BF6N2O2/c1-36-15-25-46(38(3)27-36)48-29-50(44-21-17-42(18-22-44)40-11-7-5-8-12-40)63-51(48)31-53-49(47-26-16-37(2)28-39(47)4)30-52(45-23-19-43(20-24-45)41-13-9-6-10-14-41)64(53)56(65-34-54(59,60)32-57)66-35-55(61,62)33-58/h15-31,40-41H,5-14,32-35H2,1-4H3/b51-31-. The molecular weight excluding hydrogens is 845 g/mol. The lowest BCUT2D eigenvalue weighted by molar-refractivity contribution is -0.0824. The Kier molecular flexibility index (Phi) is 14.6. The second-order valence-corrected chi connectivity index (χ2v) is 18.7. The van der Waals surface area contributed by atoms with Crippen LogP contribution in [0.1, 0.15) is 126 Å². The molecule has 4 nitrogen and oxygen atoms in total. The van der Waals surface area contributed by atoms with Crippen LogP contribution in [0.25, 0.3) is 34.0 Å². The van der Waals surface area contributed by atoms with Gasteiger partial charge in [0, 0.05) is 28.1 Å². The summed E-state index contributed by atoms with van der Waals surface area (Å²) in [5, 5.41) is 0. The predicted octanol–water partition coefficient (Wildman–Crippen LogP) is 15.2. The van der Waals surface area contributed by atoms with Crippen molar-refractivity contribution in [2.75, 3.05) is 26.6 Å². The summed E-state index contributed by atoms with van der Waals surface area (Å²) in [7, 11) is -1.98. The summed E-state index contributed by atoms with van der Waals surface area (Å²) < 4.78 is 99.7. The first-order chi connectivity index (χ1) is 31.7. The molecule has 0 spiro atoms. The molecule has 0 atom stereocenters. The number of aliphatic imine (C=N–C) groups is 1. The fourth-order valence-electron chi connectivity index (χ4n) is 10.0. The van der Waals surface area contributed by atoms with Gasteiger partial charge in [0.05, 0.1) is 24.6 Å². The summed E-state index contributed by atoms with van der Waals surface area (Å²) in [5.74, 6) is -7.02. The average molecular weight is 905 g/mol. The first kappa shape index (κ1) is 47.4. The fraction of sp³-hybridized carbons (Fsp3) is 0.400. The SMILES string of the molecule is Cc1ccc(C2=CC(c3ccc(C4CCCCC4)cc3)=N/C2=C\c2c(-c3ccc(C)cc3C)cc(-c3ccc(C4CCCCC4)cc3)n2B(OCC(F)(F)CF)OCC(F)(F)CF)c(C)c1. The maximum atomic E-state index is 14.8. The van der Waals surface area contributed by atoms with Crippen molar-refractivity contribution in [1.29, 1.82) is 0 Å². The monoisotopic (exact) mass is 904 g/mol. The van der Waals surface area contributed by atoms with Gasteiger partial charge in [-0.05, 0) is 122 Å². The first-order valence-electron chi connectivity index (χ1n) is 23.5. The van der Waals surface area contributed by atoms with E-state index in [2.05, 4.69) is 42.5 Å². The van der Waals surface area contributed by atoms with Crippen LogP contribution in [0, 0.1) is 27.7 Å². The van der Waals surface area contributed by atoms with E-state index in [1.807, 2.05) is 88.4 Å². The minimum atomic E-state index is -3.97. The van der Waals surface area contributed by atoms with E-state index in [1.165, 1.54) is 54.1 Å². The molecule has 0 bridgehead atoms. The number of benzene rings is 4. The van der Waals surface area contributed by atoms with E-state index in [-0.39, 0.29) is 0 Å². The van der Waals surface area contributed by atoms with Crippen molar-refractivity contribution >= 4 is 24.6 Å². The van der Waals surface area contributed by atoms with Gasteiger partial charge in [0.25, 0.3) is 11.8 Å². The van der Waals surface area contributed by atoms with Crippen molar-refractivity contribution < 1.29 is 35.7 Å². The van der Waals surface area contributed by atoms with Crippen molar-refractivity contribution in [2.24, 2.45) is 4.99 Å². The molecule has 2 heterocycles. The summed E-state index contributed by atoms with van der Waals surface area (Å²) in [6, 6.07) is 30.6. The Balaban J connectivity index is 1.37. The molecule has 2 saturated carbocycles. The van der Waals surface area contributed by atoms with Crippen LogP contribution in [0.4, 0.5) is 26.3 Å². The number of alkyl halides is 6. The number of hydrogen-bond acceptors (Lipinski definition) is 3. The number of rotatable bonds is 16. The van der Waals surface area contributed by atoms with Crippen LogP contribution >= 0.6 is 0 Å². The van der Waals surface area contributed by atoms with E-state index < -0.39 is 45.7 Å². The van der Waals surface area contributed by atoms with Gasteiger partial charge in [-0.2, -0.15) is 0 Å². The van der Waals surface area contributed by atoms with E-state index >= 15 is 0 Å². The zero-order valence-electron chi connectivity index (χ0n) is 38.4. The molecule has 0 radical (unpaired) electrons. The maximum absolute atomic E-state index is 14.8. The Bertz CT molecular complexity index is 2560. The smallest absolute Gasteiger partial charge is 0.385 e. The van der Waals surface area contributed by atoms with E-state index in [9.17, 15) is 26.3 Å². The third-order valence-electron chi connectivity index (χ3n) is 13.5. The topological polar surface area (TPSA) is 35.8 Å². The van der Waals surface area contributed by atoms with Gasteiger partial charge in [0.1, 0.15) is 0 Å². The molecule has 4 aromatic carbocycles. The van der Waals surface area contributed by atoms with E-state index in [0.717, 1.165) is 70.2 Å². The highest BCUT2D eigenvalue weighted by molar-refractivity contribution is 6.44. The molecule has 3 aliphatic rings. The fourth-order valence-corrected chi connectivity index (χ4v) is 10.0. The highest BCUT2D eigenvalue weighted by atomic mass is 19.3. The lowest BCUT2D eigenvalue weighted by Crippen LogP contribution is -2.42. The van der Waals surface area contributed by atoms with Crippen molar-refractivity contribution in [3.8, 4) is 22.4 Å². The highest BCUT2D eigenvalue weighted by Crippen LogP contribution is 2.42. The lowest BCUT2D eigenvalue weighted by atomic mass is 9.84. The molecule has 346 valence electrons. The molecule has 1 aromatic heterocycles. The highest BCUT2D eigenvalue weighted by Gasteiger charge is 2.40. The number of aromatic nitrogens is 1. The lowest BCUT2D eigenvalue weighted by Gasteiger charge is -2.24. The van der Waals surface area contributed by atoms with Crippen LogP contribution in [0.15, 0.2) is 108 Å². The Morgan fingerprint density at radius 2 is 1.09 bits per heavy atom. The van der Waals surface area contributed by atoms with Gasteiger partial charge < -0.3 is 13.8 Å². The molecule has 8 rings (SSSR count). The molecule has 5 aromatic rings. The summed E-state index contributed by atoms with van der Waals surface area (Å²) in [4.78, 5) is 5.28. The predicted molar refractivity (Wildman–Crippen MR) is 256 cm³/mol.